The van der Waals surface area contributed by atoms with Gasteiger partial charge in [0.15, 0.2) is 0 Å². The van der Waals surface area contributed by atoms with Crippen LogP contribution < -0.4 is 5.32 Å². The lowest BCUT2D eigenvalue weighted by Gasteiger charge is -2.10. The summed E-state index contributed by atoms with van der Waals surface area (Å²) in [6.07, 6.45) is 1.36. The van der Waals surface area contributed by atoms with Gasteiger partial charge >= 0.3 is 5.51 Å². The first kappa shape index (κ1) is 14.3. The molecule has 0 atom stereocenters. The number of halogens is 3. The molecule has 0 fully saturated rings. The molecule has 1 N–H and O–H groups in total. The molecule has 1 heterocycles. The highest BCUT2D eigenvalue weighted by Gasteiger charge is 2.27. The average Bonchev–Trinajstić information content (AvgIpc) is 2.60. The second kappa shape index (κ2) is 6.25. The fraction of sp³-hybridized carbons (Fsp3) is 0.778. The summed E-state index contributed by atoms with van der Waals surface area (Å²) in [5.41, 5.74) is -4.18. The molecule has 0 aliphatic rings. The van der Waals surface area contributed by atoms with Crippen molar-refractivity contribution in [3.63, 3.8) is 0 Å². The quantitative estimate of drug-likeness (QED) is 0.857. The smallest absolute Gasteiger partial charge is 0.308 e. The zero-order valence-electron chi connectivity index (χ0n) is 9.66. The second-order valence-electron chi connectivity index (χ2n) is 3.73. The van der Waals surface area contributed by atoms with Crippen molar-refractivity contribution >= 4 is 11.8 Å². The number of thioether (sulfide) groups is 1. The van der Waals surface area contributed by atoms with Crippen molar-refractivity contribution in [1.29, 1.82) is 0 Å². The Morgan fingerprint density at radius 2 is 2.18 bits per heavy atom. The van der Waals surface area contributed by atoms with Gasteiger partial charge in [0.25, 0.3) is 0 Å². The molecule has 1 aromatic heterocycles. The van der Waals surface area contributed by atoms with Crippen LogP contribution in [-0.4, -0.2) is 32.1 Å². The largest absolute Gasteiger partial charge is 0.441 e. The van der Waals surface area contributed by atoms with Gasteiger partial charge in [-0.25, -0.2) is 9.67 Å². The molecule has 0 aromatic carbocycles. The van der Waals surface area contributed by atoms with Gasteiger partial charge in [-0.05, 0) is 11.8 Å². The van der Waals surface area contributed by atoms with E-state index < -0.39 is 5.51 Å². The van der Waals surface area contributed by atoms with Crippen LogP contribution in [0.15, 0.2) is 6.33 Å². The van der Waals surface area contributed by atoms with Crippen molar-refractivity contribution in [1.82, 2.24) is 20.1 Å². The van der Waals surface area contributed by atoms with Crippen molar-refractivity contribution in [3.05, 3.63) is 12.2 Å². The standard InChI is InChI=1S/C9H15F3N4S/c1-7(2)13-5-8-14-6-15-16(8)3-4-17-9(10,11)12/h6-7,13H,3-5H2,1-2H3. The van der Waals surface area contributed by atoms with Gasteiger partial charge < -0.3 is 5.32 Å². The van der Waals surface area contributed by atoms with E-state index in [1.54, 1.807) is 0 Å². The van der Waals surface area contributed by atoms with Crippen molar-refractivity contribution in [3.8, 4) is 0 Å². The first-order chi connectivity index (χ1) is 7.88. The monoisotopic (exact) mass is 268 g/mol. The van der Waals surface area contributed by atoms with E-state index in [0.29, 0.717) is 18.4 Å². The van der Waals surface area contributed by atoms with Gasteiger partial charge in [-0.3, -0.25) is 0 Å². The summed E-state index contributed by atoms with van der Waals surface area (Å²) >= 11 is -0.0441. The maximum Gasteiger partial charge on any atom is 0.441 e. The molecule has 0 bridgehead atoms. The van der Waals surface area contributed by atoms with E-state index in [-0.39, 0.29) is 24.1 Å². The number of hydrogen-bond donors (Lipinski definition) is 1. The molecule has 0 amide bonds. The van der Waals surface area contributed by atoms with Gasteiger partial charge in [0, 0.05) is 11.8 Å². The third-order valence-electron chi connectivity index (χ3n) is 1.93. The Bertz CT molecular complexity index is 337. The third-order valence-corrected chi connectivity index (χ3v) is 2.65. The molecule has 8 heteroatoms. The number of nitrogens with one attached hydrogen (secondary N) is 1. The van der Waals surface area contributed by atoms with Crippen LogP contribution in [0.25, 0.3) is 0 Å². The van der Waals surface area contributed by atoms with Gasteiger partial charge in [-0.15, -0.1) is 0 Å². The molecular weight excluding hydrogens is 253 g/mol. The fourth-order valence-electron chi connectivity index (χ4n) is 1.16. The van der Waals surface area contributed by atoms with Crippen LogP contribution in [-0.2, 0) is 13.1 Å². The third kappa shape index (κ3) is 5.92. The Kier molecular flexibility index (Phi) is 5.26. The summed E-state index contributed by atoms with van der Waals surface area (Å²) in [6, 6.07) is 0.296. The fourth-order valence-corrected chi connectivity index (χ4v) is 1.65. The molecule has 0 aliphatic carbocycles. The number of hydrogen-bond acceptors (Lipinski definition) is 4. The van der Waals surface area contributed by atoms with Gasteiger partial charge in [0.1, 0.15) is 12.2 Å². The molecule has 1 rings (SSSR count). The number of aryl methyl sites for hydroxylation is 1. The van der Waals surface area contributed by atoms with Crippen molar-refractivity contribution in [2.75, 3.05) is 5.75 Å². The molecule has 0 unspecified atom stereocenters. The number of nitrogens with zero attached hydrogens (tertiary/aromatic N) is 3. The molecule has 0 aliphatic heterocycles. The molecule has 98 valence electrons. The van der Waals surface area contributed by atoms with Crippen molar-refractivity contribution in [2.24, 2.45) is 0 Å². The van der Waals surface area contributed by atoms with Crippen LogP contribution in [0, 0.1) is 0 Å². The predicted octanol–water partition coefficient (Wildman–Crippen LogP) is 2.03. The van der Waals surface area contributed by atoms with Gasteiger partial charge in [-0.2, -0.15) is 18.3 Å². The molecule has 4 nitrogen and oxygen atoms in total. The normalized spacial score (nSPS) is 12.4. The van der Waals surface area contributed by atoms with Gasteiger partial charge in [0.05, 0.1) is 13.1 Å². The van der Waals surface area contributed by atoms with E-state index >= 15 is 0 Å². The number of rotatable bonds is 6. The number of aromatic nitrogens is 3. The Hall–Kier alpha value is -0.760. The first-order valence-electron chi connectivity index (χ1n) is 5.19. The summed E-state index contributed by atoms with van der Waals surface area (Å²) in [4.78, 5) is 4.00. The zero-order valence-corrected chi connectivity index (χ0v) is 10.5. The molecule has 1 aromatic rings. The van der Waals surface area contributed by atoms with Crippen LogP contribution in [0.1, 0.15) is 19.7 Å². The van der Waals surface area contributed by atoms with Gasteiger partial charge in [-0.1, -0.05) is 13.8 Å². The second-order valence-corrected chi connectivity index (χ2v) is 4.89. The Morgan fingerprint density at radius 3 is 2.76 bits per heavy atom. The number of alkyl halides is 3. The van der Waals surface area contributed by atoms with E-state index in [4.69, 9.17) is 0 Å². The summed E-state index contributed by atoms with van der Waals surface area (Å²) in [5, 5.41) is 7.04. The minimum Gasteiger partial charge on any atom is -0.308 e. The SMILES string of the molecule is CC(C)NCc1ncnn1CCSC(F)(F)F. The van der Waals surface area contributed by atoms with E-state index in [0.717, 1.165) is 0 Å². The lowest BCUT2D eigenvalue weighted by Crippen LogP contribution is -2.24. The van der Waals surface area contributed by atoms with Crippen LogP contribution in [0.5, 0.6) is 0 Å². The summed E-state index contributed by atoms with van der Waals surface area (Å²) in [6.45, 7) is 4.69. The molecule has 0 saturated heterocycles. The lowest BCUT2D eigenvalue weighted by atomic mass is 10.4. The predicted molar refractivity (Wildman–Crippen MR) is 60.5 cm³/mol. The van der Waals surface area contributed by atoms with E-state index in [1.165, 1.54) is 11.0 Å². The Balaban J connectivity index is 2.40. The maximum atomic E-state index is 11.9. The van der Waals surface area contributed by atoms with Crippen LogP contribution >= 0.6 is 11.8 Å². The van der Waals surface area contributed by atoms with Crippen molar-refractivity contribution < 1.29 is 13.2 Å². The summed E-state index contributed by atoms with van der Waals surface area (Å²) in [5.74, 6) is 0.600. The maximum absolute atomic E-state index is 11.9. The highest BCUT2D eigenvalue weighted by Crippen LogP contribution is 2.29. The molecule has 0 spiro atoms. The highest BCUT2D eigenvalue weighted by molar-refractivity contribution is 8.00. The topological polar surface area (TPSA) is 42.7 Å². The molecular formula is C9H15F3N4S. The molecule has 0 radical (unpaired) electrons. The summed E-state index contributed by atoms with van der Waals surface area (Å²) in [7, 11) is 0. The Morgan fingerprint density at radius 1 is 1.47 bits per heavy atom. The van der Waals surface area contributed by atoms with Crippen LogP contribution in [0.4, 0.5) is 13.2 Å². The van der Waals surface area contributed by atoms with Crippen molar-refractivity contribution in [2.45, 2.75) is 38.5 Å². The molecule has 0 saturated carbocycles. The average molecular weight is 268 g/mol. The first-order valence-corrected chi connectivity index (χ1v) is 6.18. The summed E-state index contributed by atoms with van der Waals surface area (Å²) < 4.78 is 37.3. The zero-order chi connectivity index (χ0) is 12.9. The van der Waals surface area contributed by atoms with Crippen LogP contribution in [0.2, 0.25) is 0 Å². The van der Waals surface area contributed by atoms with Crippen LogP contribution in [0.3, 0.4) is 0 Å². The van der Waals surface area contributed by atoms with E-state index in [2.05, 4.69) is 15.4 Å². The minimum absolute atomic E-state index is 0.0441. The van der Waals surface area contributed by atoms with E-state index in [9.17, 15) is 13.2 Å². The van der Waals surface area contributed by atoms with E-state index in [1.807, 2.05) is 13.8 Å². The Labute approximate surface area is 102 Å². The molecule has 17 heavy (non-hydrogen) atoms. The van der Waals surface area contributed by atoms with Gasteiger partial charge in [0.2, 0.25) is 0 Å². The lowest BCUT2D eigenvalue weighted by molar-refractivity contribution is -0.0328. The highest BCUT2D eigenvalue weighted by atomic mass is 32.2. The minimum atomic E-state index is -4.18.